The number of aliphatic carboxylic acids is 1. The molecule has 0 atom stereocenters. The van der Waals surface area contributed by atoms with Gasteiger partial charge in [0, 0.05) is 47.2 Å². The van der Waals surface area contributed by atoms with Gasteiger partial charge in [-0.1, -0.05) is 27.7 Å². The van der Waals surface area contributed by atoms with Crippen molar-refractivity contribution in [2.45, 2.75) is 16.2 Å². The number of hydrogen-bond acceptors (Lipinski definition) is 12. The predicted octanol–water partition coefficient (Wildman–Crippen LogP) is 3.50. The largest absolute Gasteiger partial charge is 0.481 e. The van der Waals surface area contributed by atoms with Gasteiger partial charge in [0.25, 0.3) is 26.1 Å². The van der Waals surface area contributed by atoms with Crippen molar-refractivity contribution < 1.29 is 55.0 Å². The topological polar surface area (TPSA) is 261 Å². The molecule has 0 saturated carbocycles. The zero-order valence-electron chi connectivity index (χ0n) is 23.6. The number of carboxylic acids is 2. The lowest BCUT2D eigenvalue weighted by Gasteiger charge is -2.20. The van der Waals surface area contributed by atoms with Crippen LogP contribution in [0.2, 0.25) is 0 Å². The maximum Gasteiger partial charge on any atom is 0.336 e. The Morgan fingerprint density at radius 2 is 1.54 bits per heavy atom. The van der Waals surface area contributed by atoms with Crippen molar-refractivity contribution in [2.24, 2.45) is 0 Å². The lowest BCUT2D eigenvalue weighted by Crippen LogP contribution is -2.26. The van der Waals surface area contributed by atoms with Crippen LogP contribution in [0.4, 0.5) is 5.69 Å². The van der Waals surface area contributed by atoms with E-state index >= 15 is 0 Å². The van der Waals surface area contributed by atoms with Gasteiger partial charge in [-0.25, -0.2) is 4.79 Å². The van der Waals surface area contributed by atoms with E-state index in [0.717, 1.165) is 12.1 Å². The van der Waals surface area contributed by atoms with Crippen LogP contribution in [0, 0.1) is 5.41 Å². The normalized spacial score (nSPS) is 11.9. The quantitative estimate of drug-likeness (QED) is 0.0453. The summed E-state index contributed by atoms with van der Waals surface area (Å²) >= 11 is 0. The molecule has 46 heavy (non-hydrogen) atoms. The summed E-state index contributed by atoms with van der Waals surface area (Å²) in [4.78, 5) is 34.1. The number of amides is 1. The zero-order chi connectivity index (χ0) is 34.0. The lowest BCUT2D eigenvalue weighted by atomic mass is 9.89. The summed E-state index contributed by atoms with van der Waals surface area (Å²) in [5.41, 5.74) is -1.61. The van der Waals surface area contributed by atoms with Crippen molar-refractivity contribution in [3.05, 3.63) is 58.9 Å². The molecular weight excluding hydrogens is 687 g/mol. The average Bonchev–Trinajstić information content (AvgIpc) is 2.96. The smallest absolute Gasteiger partial charge is 0.336 e. The van der Waals surface area contributed by atoms with Crippen LogP contribution in [0.3, 0.4) is 0 Å². The van der Waals surface area contributed by atoms with Crippen molar-refractivity contribution in [3.63, 3.8) is 0 Å². The molecule has 0 saturated heterocycles. The van der Waals surface area contributed by atoms with Gasteiger partial charge in [0.2, 0.25) is 0 Å². The number of anilines is 1. The van der Waals surface area contributed by atoms with Gasteiger partial charge in [-0.2, -0.15) is 16.8 Å². The van der Waals surface area contributed by atoms with Crippen LogP contribution in [0.15, 0.2) is 56.7 Å². The summed E-state index contributed by atoms with van der Waals surface area (Å²) in [7, 11) is -6.23. The fraction of sp³-hybridized carbons (Fsp3) is 0.185. The van der Waals surface area contributed by atoms with E-state index in [4.69, 9.17) is 14.9 Å². The van der Waals surface area contributed by atoms with Gasteiger partial charge >= 0.3 is 11.9 Å². The Bertz CT molecular complexity index is 2130. The van der Waals surface area contributed by atoms with Crippen molar-refractivity contribution in [1.29, 1.82) is 5.41 Å². The monoisotopic (exact) mass is 711 g/mol. The number of carbonyl (C=O) groups is 3. The van der Waals surface area contributed by atoms with Crippen LogP contribution >= 0.6 is 21.6 Å². The van der Waals surface area contributed by atoms with Crippen molar-refractivity contribution in [3.8, 4) is 22.5 Å². The number of aromatic carboxylic acids is 1. The number of hydrogen-bond donors (Lipinski definition) is 7. The van der Waals surface area contributed by atoms with Crippen LogP contribution in [-0.4, -0.2) is 79.1 Å². The molecule has 0 unspecified atom stereocenters. The van der Waals surface area contributed by atoms with Gasteiger partial charge in [-0.05, 0) is 42.0 Å². The third-order valence-corrected chi connectivity index (χ3v) is 10.7. The van der Waals surface area contributed by atoms with E-state index in [1.807, 2.05) is 0 Å². The third-order valence-electron chi connectivity index (χ3n) is 6.49. The maximum atomic E-state index is 12.9. The van der Waals surface area contributed by atoms with Crippen molar-refractivity contribution in [1.82, 2.24) is 5.32 Å². The van der Waals surface area contributed by atoms with E-state index in [1.165, 1.54) is 59.0 Å². The van der Waals surface area contributed by atoms with Crippen LogP contribution in [0.1, 0.15) is 27.1 Å². The number of carbonyl (C=O) groups excluding carboxylic acids is 1. The first-order chi connectivity index (χ1) is 21.6. The summed E-state index contributed by atoms with van der Waals surface area (Å²) in [6.45, 7) is 0.184. The van der Waals surface area contributed by atoms with Gasteiger partial charge in [0.15, 0.2) is 21.1 Å². The van der Waals surface area contributed by atoms with E-state index in [9.17, 15) is 45.4 Å². The van der Waals surface area contributed by atoms with E-state index < -0.39 is 70.1 Å². The molecule has 0 fully saturated rings. The molecule has 0 bridgehead atoms. The second kappa shape index (κ2) is 13.7. The molecule has 0 radical (unpaired) electrons. The molecule has 19 heteroatoms. The Hall–Kier alpha value is -4.14. The molecule has 7 N–H and O–H groups in total. The van der Waals surface area contributed by atoms with E-state index in [0.29, 0.717) is 11.5 Å². The van der Waals surface area contributed by atoms with Gasteiger partial charge in [0.05, 0.1) is 23.0 Å². The molecular formula is C27H25N3O12S4. The van der Waals surface area contributed by atoms with Crippen molar-refractivity contribution in [2.75, 3.05) is 30.4 Å². The molecule has 1 amide bonds. The summed E-state index contributed by atoms with van der Waals surface area (Å²) in [5, 5.41) is 31.4. The first kappa shape index (κ1) is 34.7. The van der Waals surface area contributed by atoms with Crippen LogP contribution in [0.5, 0.6) is 0 Å². The molecule has 2 aromatic rings. The molecule has 2 aliphatic rings. The van der Waals surface area contributed by atoms with Crippen molar-refractivity contribution >= 4 is 76.3 Å². The Morgan fingerprint density at radius 1 is 0.891 bits per heavy atom. The van der Waals surface area contributed by atoms with Gasteiger partial charge in [0.1, 0.15) is 0 Å². The van der Waals surface area contributed by atoms with E-state index in [1.54, 1.807) is 0 Å². The SMILES string of the molecule is CNc1ccc2c(-c3ccc(C(=O)NCCSSCCC(=O)O)cc3C(=O)O)c3ccc(=N)c(S(=O)(=O)O)c-3oc2c1S(=O)(=O)O. The van der Waals surface area contributed by atoms with Crippen LogP contribution in [0.25, 0.3) is 33.4 Å². The second-order valence-corrected chi connectivity index (χ2v) is 14.8. The lowest BCUT2D eigenvalue weighted by molar-refractivity contribution is -0.136. The number of carboxylic acid groups (broad SMARTS) is 2. The second-order valence-electron chi connectivity index (χ2n) is 9.42. The highest BCUT2D eigenvalue weighted by Gasteiger charge is 2.32. The summed E-state index contributed by atoms with van der Waals surface area (Å²) in [6, 6.07) is 8.46. The number of fused-ring (bicyclic) bond motifs is 2. The molecule has 2 aromatic carbocycles. The van der Waals surface area contributed by atoms with E-state index in [-0.39, 0.29) is 46.3 Å². The average molecular weight is 712 g/mol. The summed E-state index contributed by atoms with van der Waals surface area (Å²) < 4.78 is 75.6. The minimum absolute atomic E-state index is 0.0103. The number of rotatable bonds is 13. The first-order valence-corrected chi connectivity index (χ1v) is 18.3. The summed E-state index contributed by atoms with van der Waals surface area (Å²) in [6.07, 6.45) is -0.0103. The zero-order valence-corrected chi connectivity index (χ0v) is 26.8. The molecule has 244 valence electrons. The minimum atomic E-state index is -5.16. The predicted molar refractivity (Wildman–Crippen MR) is 170 cm³/mol. The first-order valence-electron chi connectivity index (χ1n) is 12.9. The highest BCUT2D eigenvalue weighted by molar-refractivity contribution is 8.76. The third kappa shape index (κ3) is 7.29. The Balaban J connectivity index is 1.92. The number of benzene rings is 3. The molecule has 1 aliphatic heterocycles. The van der Waals surface area contributed by atoms with Gasteiger partial charge in [-0.3, -0.25) is 24.1 Å². The molecule has 0 aromatic heterocycles. The molecule has 1 heterocycles. The van der Waals surface area contributed by atoms with E-state index in [2.05, 4.69) is 10.6 Å². The fourth-order valence-electron chi connectivity index (χ4n) is 4.60. The van der Waals surface area contributed by atoms with Gasteiger partial charge in [-0.15, -0.1) is 0 Å². The standard InChI is InChI=1S/C27H25N3O12S4/c1-29-19-7-5-16-21(15-4-6-18(28)24(45(36,37)38)22(15)42-23(16)25(19)46(39,40)41)14-3-2-13(12-17(14)27(34)35)26(33)30-9-11-44-43-10-8-20(31)32/h2-7,12,28-29H,8-11H2,1H3,(H,30,33)(H,31,32)(H,34,35)(H,36,37,38)(H,39,40,41). The Morgan fingerprint density at radius 3 is 2.15 bits per heavy atom. The maximum absolute atomic E-state index is 12.9. The molecule has 15 nitrogen and oxygen atoms in total. The molecule has 4 rings (SSSR count). The Labute approximate surface area is 269 Å². The number of nitrogens with one attached hydrogen (secondary N) is 3. The Kier molecular flexibility index (Phi) is 10.3. The van der Waals surface area contributed by atoms with Crippen LogP contribution in [-0.2, 0) is 25.0 Å². The molecule has 1 aliphatic carbocycles. The fourth-order valence-corrected chi connectivity index (χ4v) is 8.06. The highest BCUT2D eigenvalue weighted by Crippen LogP contribution is 2.46. The summed E-state index contributed by atoms with van der Waals surface area (Å²) in [5.74, 6) is -2.93. The van der Waals surface area contributed by atoms with Crippen LogP contribution < -0.4 is 16.0 Å². The highest BCUT2D eigenvalue weighted by atomic mass is 33.1. The van der Waals surface area contributed by atoms with Gasteiger partial charge < -0.3 is 25.3 Å². The molecule has 0 spiro atoms. The minimum Gasteiger partial charge on any atom is -0.481 e.